The van der Waals surface area contributed by atoms with E-state index in [-0.39, 0.29) is 12.2 Å². The van der Waals surface area contributed by atoms with Gasteiger partial charge in [-0.3, -0.25) is 0 Å². The third-order valence-electron chi connectivity index (χ3n) is 4.66. The monoisotopic (exact) mass is 366 g/mol. The third-order valence-corrected chi connectivity index (χ3v) is 4.66. The summed E-state index contributed by atoms with van der Waals surface area (Å²) >= 11 is 0. The highest BCUT2D eigenvalue weighted by atomic mass is 16.5. The molecule has 2 aromatic heterocycles. The van der Waals surface area contributed by atoms with E-state index in [0.29, 0.717) is 23.1 Å². The molecule has 1 atom stereocenters. The molecular formula is C21H26N4O2. The van der Waals surface area contributed by atoms with Crippen LogP contribution in [-0.4, -0.2) is 38.8 Å². The Morgan fingerprint density at radius 1 is 1.30 bits per heavy atom. The second-order valence-corrected chi connectivity index (χ2v) is 7.60. The Bertz CT molecular complexity index is 839. The van der Waals surface area contributed by atoms with Gasteiger partial charge in [-0.2, -0.15) is 0 Å². The van der Waals surface area contributed by atoms with Crippen molar-refractivity contribution in [3.05, 3.63) is 24.0 Å². The standard InChI is InChI=1S/C21H26N4O2/c1-15(2)27-20-11-17(9-8-16-6-7-16)12-22-21(20)19-14-25(24-23-19)13-18-5-3-4-10-26-18/h11-12,14-16,18H,3-7,10,13H2,1-2H3/t18-/m1/s1. The lowest BCUT2D eigenvalue weighted by Gasteiger charge is -2.21. The minimum atomic E-state index is 0.0443. The minimum Gasteiger partial charge on any atom is -0.489 e. The van der Waals surface area contributed by atoms with Gasteiger partial charge in [0.1, 0.15) is 17.1 Å². The molecule has 0 N–H and O–H groups in total. The van der Waals surface area contributed by atoms with E-state index < -0.39 is 0 Å². The molecule has 0 radical (unpaired) electrons. The summed E-state index contributed by atoms with van der Waals surface area (Å²) in [5, 5.41) is 8.57. The molecule has 1 aliphatic carbocycles. The Balaban J connectivity index is 1.55. The maximum Gasteiger partial charge on any atom is 0.148 e. The first-order chi connectivity index (χ1) is 13.2. The molecule has 2 fully saturated rings. The summed E-state index contributed by atoms with van der Waals surface area (Å²) in [7, 11) is 0. The Morgan fingerprint density at radius 3 is 2.93 bits per heavy atom. The molecule has 1 aliphatic heterocycles. The van der Waals surface area contributed by atoms with Gasteiger partial charge < -0.3 is 9.47 Å². The van der Waals surface area contributed by atoms with E-state index in [9.17, 15) is 0 Å². The first-order valence-corrected chi connectivity index (χ1v) is 9.88. The fraction of sp³-hybridized carbons (Fsp3) is 0.571. The summed E-state index contributed by atoms with van der Waals surface area (Å²) < 4.78 is 13.6. The number of pyridine rings is 1. The molecule has 6 nitrogen and oxygen atoms in total. The third kappa shape index (κ3) is 4.86. The molecule has 142 valence electrons. The maximum absolute atomic E-state index is 5.99. The summed E-state index contributed by atoms with van der Waals surface area (Å²) in [5.41, 5.74) is 2.30. The zero-order valence-corrected chi connectivity index (χ0v) is 16.0. The van der Waals surface area contributed by atoms with Crippen molar-refractivity contribution < 1.29 is 9.47 Å². The van der Waals surface area contributed by atoms with Gasteiger partial charge >= 0.3 is 0 Å². The highest BCUT2D eigenvalue weighted by Crippen LogP contribution is 2.30. The van der Waals surface area contributed by atoms with E-state index in [4.69, 9.17) is 9.47 Å². The van der Waals surface area contributed by atoms with Gasteiger partial charge in [0.25, 0.3) is 0 Å². The van der Waals surface area contributed by atoms with Crippen molar-refractivity contribution in [1.82, 2.24) is 20.0 Å². The van der Waals surface area contributed by atoms with E-state index in [1.165, 1.54) is 19.3 Å². The second-order valence-electron chi connectivity index (χ2n) is 7.60. The van der Waals surface area contributed by atoms with Crippen LogP contribution in [0, 0.1) is 17.8 Å². The van der Waals surface area contributed by atoms with E-state index in [1.54, 1.807) is 6.20 Å². The molecule has 0 spiro atoms. The first kappa shape index (κ1) is 18.0. The molecule has 0 bridgehead atoms. The molecule has 1 saturated heterocycles. The number of nitrogens with zero attached hydrogens (tertiary/aromatic N) is 4. The highest BCUT2D eigenvalue weighted by molar-refractivity contribution is 5.63. The van der Waals surface area contributed by atoms with Crippen LogP contribution in [-0.2, 0) is 11.3 Å². The molecule has 2 aromatic rings. The van der Waals surface area contributed by atoms with Gasteiger partial charge in [0.15, 0.2) is 0 Å². The van der Waals surface area contributed by atoms with Gasteiger partial charge in [0.05, 0.1) is 24.9 Å². The predicted octanol–water partition coefficient (Wildman–Crippen LogP) is 3.46. The fourth-order valence-corrected chi connectivity index (χ4v) is 3.12. The van der Waals surface area contributed by atoms with Crippen molar-refractivity contribution >= 4 is 0 Å². The Hall–Kier alpha value is -2.39. The minimum absolute atomic E-state index is 0.0443. The van der Waals surface area contributed by atoms with Crippen LogP contribution in [0.25, 0.3) is 11.4 Å². The number of hydrogen-bond acceptors (Lipinski definition) is 5. The lowest BCUT2D eigenvalue weighted by atomic mass is 10.1. The zero-order valence-electron chi connectivity index (χ0n) is 16.0. The van der Waals surface area contributed by atoms with Crippen molar-refractivity contribution in [3.63, 3.8) is 0 Å². The molecule has 27 heavy (non-hydrogen) atoms. The van der Waals surface area contributed by atoms with E-state index in [2.05, 4.69) is 27.1 Å². The average molecular weight is 366 g/mol. The van der Waals surface area contributed by atoms with Crippen LogP contribution in [0.4, 0.5) is 0 Å². The van der Waals surface area contributed by atoms with Crippen LogP contribution >= 0.6 is 0 Å². The van der Waals surface area contributed by atoms with E-state index in [0.717, 1.165) is 31.6 Å². The first-order valence-electron chi connectivity index (χ1n) is 9.88. The van der Waals surface area contributed by atoms with Crippen LogP contribution in [0.5, 0.6) is 5.75 Å². The van der Waals surface area contributed by atoms with Crippen LogP contribution in [0.2, 0.25) is 0 Å². The summed E-state index contributed by atoms with van der Waals surface area (Å²) in [6.07, 6.45) is 9.82. The molecule has 6 heteroatoms. The molecule has 4 rings (SSSR count). The molecule has 0 amide bonds. The maximum atomic E-state index is 5.99. The van der Waals surface area contributed by atoms with Gasteiger partial charge in [0, 0.05) is 24.3 Å². The Morgan fingerprint density at radius 2 is 2.19 bits per heavy atom. The number of ether oxygens (including phenoxy) is 2. The Kier molecular flexibility index (Phi) is 5.40. The van der Waals surface area contributed by atoms with Crippen molar-refractivity contribution in [1.29, 1.82) is 0 Å². The number of aromatic nitrogens is 4. The van der Waals surface area contributed by atoms with Gasteiger partial charge in [-0.15, -0.1) is 5.10 Å². The van der Waals surface area contributed by atoms with Crippen LogP contribution in [0.3, 0.4) is 0 Å². The summed E-state index contributed by atoms with van der Waals surface area (Å²) in [6.45, 7) is 5.56. The molecule has 1 saturated carbocycles. The molecule has 0 aromatic carbocycles. The van der Waals surface area contributed by atoms with E-state index in [1.807, 2.05) is 30.8 Å². The number of hydrogen-bond donors (Lipinski definition) is 0. The molecule has 3 heterocycles. The van der Waals surface area contributed by atoms with E-state index >= 15 is 0 Å². The zero-order chi connectivity index (χ0) is 18.6. The molecule has 0 unspecified atom stereocenters. The van der Waals surface area contributed by atoms with Crippen molar-refractivity contribution in [2.75, 3.05) is 6.61 Å². The van der Waals surface area contributed by atoms with Crippen molar-refractivity contribution in [2.45, 2.75) is 64.7 Å². The lowest BCUT2D eigenvalue weighted by Crippen LogP contribution is -2.24. The highest BCUT2D eigenvalue weighted by Gasteiger charge is 2.19. The quantitative estimate of drug-likeness (QED) is 0.759. The van der Waals surface area contributed by atoms with Gasteiger partial charge in [-0.1, -0.05) is 17.1 Å². The molecular weight excluding hydrogens is 340 g/mol. The topological polar surface area (TPSA) is 62.1 Å². The summed E-state index contributed by atoms with van der Waals surface area (Å²) in [4.78, 5) is 4.59. The van der Waals surface area contributed by atoms with Crippen molar-refractivity contribution in [3.8, 4) is 29.0 Å². The lowest BCUT2D eigenvalue weighted by molar-refractivity contribution is 0.00370. The summed E-state index contributed by atoms with van der Waals surface area (Å²) in [5.74, 6) is 7.74. The van der Waals surface area contributed by atoms with Gasteiger partial charge in [-0.25, -0.2) is 9.67 Å². The van der Waals surface area contributed by atoms with Crippen LogP contribution in [0.15, 0.2) is 18.5 Å². The smallest absolute Gasteiger partial charge is 0.148 e. The fourth-order valence-electron chi connectivity index (χ4n) is 3.12. The molecule has 2 aliphatic rings. The van der Waals surface area contributed by atoms with Crippen LogP contribution < -0.4 is 4.74 Å². The second kappa shape index (κ2) is 8.10. The Labute approximate surface area is 160 Å². The van der Waals surface area contributed by atoms with Gasteiger partial charge in [0.2, 0.25) is 0 Å². The van der Waals surface area contributed by atoms with Gasteiger partial charge in [-0.05, 0) is 52.0 Å². The SMILES string of the molecule is CC(C)Oc1cc(C#CC2CC2)cnc1-c1cn(C[C@H]2CCCCO2)nn1. The average Bonchev–Trinajstić information content (AvgIpc) is 3.38. The number of rotatable bonds is 5. The van der Waals surface area contributed by atoms with Crippen LogP contribution in [0.1, 0.15) is 51.5 Å². The summed E-state index contributed by atoms with van der Waals surface area (Å²) in [6, 6.07) is 1.96. The largest absolute Gasteiger partial charge is 0.489 e. The van der Waals surface area contributed by atoms with Crippen molar-refractivity contribution in [2.24, 2.45) is 5.92 Å². The normalized spacial score (nSPS) is 19.6. The predicted molar refractivity (Wildman–Crippen MR) is 102 cm³/mol.